The molecular formula is C11H8ClF2NO3. The van der Waals surface area contributed by atoms with Crippen molar-refractivity contribution >= 4 is 17.6 Å². The van der Waals surface area contributed by atoms with E-state index in [0.717, 1.165) is 12.1 Å². The first-order valence-corrected chi connectivity index (χ1v) is 5.22. The van der Waals surface area contributed by atoms with Gasteiger partial charge in [0.2, 0.25) is 0 Å². The Bertz CT molecular complexity index is 500. The van der Waals surface area contributed by atoms with E-state index in [9.17, 15) is 13.6 Å². The minimum Gasteiger partial charge on any atom is -0.459 e. The molecule has 0 atom stereocenters. The lowest BCUT2D eigenvalue weighted by atomic mass is 10.2. The standard InChI is InChI=1S/C11H8ClF2NO3/c1-2-17-10(16)11(13,14)18-8-4-3-7(6-15)9(12)5-8/h3-5H,2H2,1H3. The summed E-state index contributed by atoms with van der Waals surface area (Å²) in [6, 6.07) is 5.10. The van der Waals surface area contributed by atoms with Crippen LogP contribution < -0.4 is 4.74 Å². The largest absolute Gasteiger partial charge is 0.502 e. The van der Waals surface area contributed by atoms with Gasteiger partial charge in [-0.15, -0.1) is 0 Å². The van der Waals surface area contributed by atoms with Gasteiger partial charge in [0.15, 0.2) is 0 Å². The molecule has 1 rings (SSSR count). The molecule has 0 aliphatic heterocycles. The number of carbonyl (C=O) groups excluding carboxylic acids is 1. The molecule has 1 aromatic carbocycles. The molecule has 0 spiro atoms. The number of ether oxygens (including phenoxy) is 2. The van der Waals surface area contributed by atoms with Crippen molar-refractivity contribution in [1.29, 1.82) is 5.26 Å². The first kappa shape index (κ1) is 14.2. The van der Waals surface area contributed by atoms with Crippen molar-refractivity contribution in [2.45, 2.75) is 13.0 Å². The van der Waals surface area contributed by atoms with Crippen molar-refractivity contribution in [3.8, 4) is 11.8 Å². The van der Waals surface area contributed by atoms with Gasteiger partial charge < -0.3 is 9.47 Å². The average molecular weight is 276 g/mol. The Hall–Kier alpha value is -1.87. The van der Waals surface area contributed by atoms with Crippen molar-refractivity contribution in [3.63, 3.8) is 0 Å². The Kier molecular flexibility index (Phi) is 4.45. The van der Waals surface area contributed by atoms with Gasteiger partial charge in [-0.25, -0.2) is 4.79 Å². The molecule has 0 unspecified atom stereocenters. The van der Waals surface area contributed by atoms with Crippen molar-refractivity contribution < 1.29 is 23.0 Å². The number of hydrogen-bond acceptors (Lipinski definition) is 4. The van der Waals surface area contributed by atoms with Gasteiger partial charge in [-0.05, 0) is 19.1 Å². The second-order valence-corrected chi connectivity index (χ2v) is 3.50. The first-order valence-electron chi connectivity index (χ1n) is 4.84. The number of hydrogen-bond donors (Lipinski definition) is 0. The zero-order chi connectivity index (χ0) is 13.8. The van der Waals surface area contributed by atoms with Gasteiger partial charge in [-0.3, -0.25) is 0 Å². The summed E-state index contributed by atoms with van der Waals surface area (Å²) in [5.74, 6) is -2.12. The van der Waals surface area contributed by atoms with Crippen LogP contribution in [0.2, 0.25) is 5.02 Å². The van der Waals surface area contributed by atoms with Crippen molar-refractivity contribution in [2.24, 2.45) is 0 Å². The van der Waals surface area contributed by atoms with Crippen molar-refractivity contribution in [2.75, 3.05) is 6.61 Å². The van der Waals surface area contributed by atoms with Gasteiger partial charge in [0.1, 0.15) is 11.8 Å². The normalized spacial score (nSPS) is 10.6. The molecule has 0 heterocycles. The van der Waals surface area contributed by atoms with Crippen molar-refractivity contribution in [1.82, 2.24) is 0 Å². The fourth-order valence-corrected chi connectivity index (χ4v) is 1.27. The number of nitriles is 1. The minimum absolute atomic E-state index is 0.0466. The summed E-state index contributed by atoms with van der Waals surface area (Å²) in [6.07, 6.45) is -4.10. The predicted molar refractivity (Wildman–Crippen MR) is 58.4 cm³/mol. The summed E-state index contributed by atoms with van der Waals surface area (Å²) in [5.41, 5.74) is 0.114. The molecule has 96 valence electrons. The number of nitrogens with zero attached hydrogens (tertiary/aromatic N) is 1. The molecule has 0 fully saturated rings. The van der Waals surface area contributed by atoms with Crippen LogP contribution in [0.1, 0.15) is 12.5 Å². The summed E-state index contributed by atoms with van der Waals surface area (Å²) in [4.78, 5) is 10.9. The van der Waals surface area contributed by atoms with Crippen LogP contribution in [0, 0.1) is 11.3 Å². The van der Waals surface area contributed by atoms with Gasteiger partial charge in [0.05, 0.1) is 17.2 Å². The molecule has 0 aliphatic carbocycles. The van der Waals surface area contributed by atoms with Crippen LogP contribution >= 0.6 is 11.6 Å². The first-order chi connectivity index (χ1) is 8.40. The number of esters is 1. The molecule has 0 N–H and O–H groups in total. The summed E-state index contributed by atoms with van der Waals surface area (Å²) >= 11 is 5.64. The maximum Gasteiger partial charge on any atom is 0.502 e. The molecule has 0 aromatic heterocycles. The van der Waals surface area contributed by atoms with Crippen LogP contribution in [0.3, 0.4) is 0 Å². The Labute approximate surface area is 107 Å². The lowest BCUT2D eigenvalue weighted by molar-refractivity contribution is -0.216. The van der Waals surface area contributed by atoms with Gasteiger partial charge in [0, 0.05) is 6.07 Å². The quantitative estimate of drug-likeness (QED) is 0.793. The third-order valence-electron chi connectivity index (χ3n) is 1.82. The minimum atomic E-state index is -4.10. The van der Waals surface area contributed by atoms with Gasteiger partial charge in [0.25, 0.3) is 0 Å². The zero-order valence-electron chi connectivity index (χ0n) is 9.25. The zero-order valence-corrected chi connectivity index (χ0v) is 10.0. The van der Waals surface area contributed by atoms with E-state index in [1.54, 1.807) is 6.07 Å². The molecule has 0 radical (unpaired) electrons. The second-order valence-electron chi connectivity index (χ2n) is 3.09. The summed E-state index contributed by atoms with van der Waals surface area (Å²) in [5, 5.41) is 8.56. The summed E-state index contributed by atoms with van der Waals surface area (Å²) in [6.45, 7) is 1.21. The van der Waals surface area contributed by atoms with E-state index in [2.05, 4.69) is 9.47 Å². The van der Waals surface area contributed by atoms with Crippen molar-refractivity contribution in [3.05, 3.63) is 28.8 Å². The second kappa shape index (κ2) is 5.65. The molecule has 4 nitrogen and oxygen atoms in total. The number of rotatable bonds is 4. The van der Waals surface area contributed by atoms with E-state index in [4.69, 9.17) is 16.9 Å². The third-order valence-corrected chi connectivity index (χ3v) is 2.13. The Balaban J connectivity index is 2.88. The van der Waals surface area contributed by atoms with Crippen LogP contribution in [0.4, 0.5) is 8.78 Å². The van der Waals surface area contributed by atoms with E-state index >= 15 is 0 Å². The smallest absolute Gasteiger partial charge is 0.459 e. The number of benzene rings is 1. The SMILES string of the molecule is CCOC(=O)C(F)(F)Oc1ccc(C#N)c(Cl)c1. The fraction of sp³-hybridized carbons (Fsp3) is 0.273. The van der Waals surface area contributed by atoms with E-state index in [0.29, 0.717) is 0 Å². The van der Waals surface area contributed by atoms with Crippen LogP contribution in [0.5, 0.6) is 5.75 Å². The highest BCUT2D eigenvalue weighted by molar-refractivity contribution is 6.31. The van der Waals surface area contributed by atoms with Crippen LogP contribution in [-0.4, -0.2) is 18.7 Å². The van der Waals surface area contributed by atoms with Gasteiger partial charge in [-0.1, -0.05) is 11.6 Å². The third kappa shape index (κ3) is 3.31. The number of halogens is 3. The molecule has 0 aliphatic rings. The van der Waals surface area contributed by atoms with Gasteiger partial charge >= 0.3 is 12.1 Å². The van der Waals surface area contributed by atoms with Crippen LogP contribution in [-0.2, 0) is 9.53 Å². The Morgan fingerprint density at radius 3 is 2.72 bits per heavy atom. The molecule has 0 saturated heterocycles. The van der Waals surface area contributed by atoms with Crippen LogP contribution in [0.25, 0.3) is 0 Å². The molecule has 0 amide bonds. The van der Waals surface area contributed by atoms with E-state index in [1.807, 2.05) is 0 Å². The van der Waals surface area contributed by atoms with E-state index < -0.39 is 12.1 Å². The number of alkyl halides is 2. The average Bonchev–Trinajstić information content (AvgIpc) is 2.29. The molecule has 7 heteroatoms. The molecule has 18 heavy (non-hydrogen) atoms. The van der Waals surface area contributed by atoms with E-state index in [-0.39, 0.29) is 22.9 Å². The Morgan fingerprint density at radius 2 is 2.22 bits per heavy atom. The van der Waals surface area contributed by atoms with Crippen LogP contribution in [0.15, 0.2) is 18.2 Å². The molecular weight excluding hydrogens is 268 g/mol. The highest BCUT2D eigenvalue weighted by Gasteiger charge is 2.44. The molecule has 1 aromatic rings. The maximum atomic E-state index is 13.2. The highest BCUT2D eigenvalue weighted by atomic mass is 35.5. The predicted octanol–water partition coefficient (Wildman–Crippen LogP) is 2.75. The highest BCUT2D eigenvalue weighted by Crippen LogP contribution is 2.27. The van der Waals surface area contributed by atoms with Gasteiger partial charge in [-0.2, -0.15) is 14.0 Å². The molecule has 0 saturated carbocycles. The number of carbonyl (C=O) groups is 1. The lowest BCUT2D eigenvalue weighted by Crippen LogP contribution is -2.36. The van der Waals surface area contributed by atoms with E-state index in [1.165, 1.54) is 13.0 Å². The Morgan fingerprint density at radius 1 is 1.56 bits per heavy atom. The fourth-order valence-electron chi connectivity index (χ4n) is 1.05. The summed E-state index contributed by atoms with van der Waals surface area (Å²) < 4.78 is 34.7. The monoisotopic (exact) mass is 275 g/mol. The summed E-state index contributed by atoms with van der Waals surface area (Å²) in [7, 11) is 0. The maximum absolute atomic E-state index is 13.2. The molecule has 0 bridgehead atoms. The topological polar surface area (TPSA) is 59.3 Å². The lowest BCUT2D eigenvalue weighted by Gasteiger charge is -2.16.